The predicted octanol–water partition coefficient (Wildman–Crippen LogP) is 5.63. The van der Waals surface area contributed by atoms with Crippen molar-refractivity contribution in [3.63, 3.8) is 0 Å². The summed E-state index contributed by atoms with van der Waals surface area (Å²) in [5.41, 5.74) is 3.91. The van der Waals surface area contributed by atoms with Crippen molar-refractivity contribution in [2.24, 2.45) is 0 Å². The smallest absolute Gasteiger partial charge is 0.223 e. The van der Waals surface area contributed by atoms with Crippen molar-refractivity contribution >= 4 is 17.7 Å². The molecule has 1 aromatic rings. The average Bonchev–Trinajstić information content (AvgIpc) is 3.00. The van der Waals surface area contributed by atoms with Gasteiger partial charge < -0.3 is 4.90 Å². The highest BCUT2D eigenvalue weighted by molar-refractivity contribution is 7.99. The number of hydrogen-bond donors (Lipinski definition) is 0. The number of rotatable bonds is 8. The van der Waals surface area contributed by atoms with Crippen molar-refractivity contribution in [2.75, 3.05) is 12.3 Å². The van der Waals surface area contributed by atoms with E-state index >= 15 is 0 Å². The van der Waals surface area contributed by atoms with Gasteiger partial charge in [-0.25, -0.2) is 0 Å². The second kappa shape index (κ2) is 9.36. The second-order valence-corrected chi connectivity index (χ2v) is 7.88. The topological polar surface area (TPSA) is 20.3 Å². The van der Waals surface area contributed by atoms with E-state index in [9.17, 15) is 4.79 Å². The van der Waals surface area contributed by atoms with Crippen LogP contribution in [0.2, 0.25) is 0 Å². The van der Waals surface area contributed by atoms with E-state index in [-0.39, 0.29) is 5.37 Å². The molecule has 1 aliphatic rings. The van der Waals surface area contributed by atoms with E-state index < -0.39 is 0 Å². The molecule has 1 amide bonds. The summed E-state index contributed by atoms with van der Waals surface area (Å²) in [5, 5.41) is 0.225. The summed E-state index contributed by atoms with van der Waals surface area (Å²) < 4.78 is 0. The molecule has 0 spiro atoms. The number of aryl methyl sites for hydroxylation is 2. The summed E-state index contributed by atoms with van der Waals surface area (Å²) in [4.78, 5) is 14.7. The second-order valence-electron chi connectivity index (χ2n) is 6.69. The number of benzene rings is 1. The molecule has 2 nitrogen and oxygen atoms in total. The van der Waals surface area contributed by atoms with E-state index in [0.29, 0.717) is 12.3 Å². The van der Waals surface area contributed by atoms with Gasteiger partial charge >= 0.3 is 0 Å². The summed E-state index contributed by atoms with van der Waals surface area (Å²) in [6.45, 7) is 7.43. The van der Waals surface area contributed by atoms with Gasteiger partial charge in [0.15, 0.2) is 0 Å². The van der Waals surface area contributed by atoms with Crippen LogP contribution >= 0.6 is 11.8 Å². The molecule has 1 aromatic carbocycles. The Bertz CT molecular complexity index is 514. The molecule has 1 atom stereocenters. The van der Waals surface area contributed by atoms with Crippen molar-refractivity contribution in [1.29, 1.82) is 0 Å². The highest BCUT2D eigenvalue weighted by atomic mass is 32.2. The third-order valence-corrected chi connectivity index (χ3v) is 5.89. The number of carbonyl (C=O) groups excluding carboxylic acids is 1. The molecule has 0 saturated carbocycles. The van der Waals surface area contributed by atoms with Gasteiger partial charge in [0.2, 0.25) is 5.91 Å². The SMILES string of the molecule is CCCCCCCCC(=O)N1CCSC1c1ccc(C)cc1C. The lowest BCUT2D eigenvalue weighted by Gasteiger charge is -2.25. The third kappa shape index (κ3) is 5.27. The third-order valence-electron chi connectivity index (χ3n) is 4.65. The first-order valence-corrected chi connectivity index (χ1v) is 10.2. The van der Waals surface area contributed by atoms with E-state index in [1.165, 1.54) is 48.8 Å². The summed E-state index contributed by atoms with van der Waals surface area (Å²) in [6.07, 6.45) is 8.15. The van der Waals surface area contributed by atoms with E-state index in [4.69, 9.17) is 0 Å². The standard InChI is InChI=1S/C20H31NOS/c1-4-5-6-7-8-9-10-19(22)21-13-14-23-20(21)18-12-11-16(2)15-17(18)3/h11-12,15,20H,4-10,13-14H2,1-3H3. The van der Waals surface area contributed by atoms with Crippen LogP contribution in [0, 0.1) is 13.8 Å². The molecular formula is C20H31NOS. The number of unbranched alkanes of at least 4 members (excludes halogenated alkanes) is 5. The van der Waals surface area contributed by atoms with E-state index in [1.807, 2.05) is 11.8 Å². The molecule has 1 unspecified atom stereocenters. The quantitative estimate of drug-likeness (QED) is 0.575. The summed E-state index contributed by atoms with van der Waals surface area (Å²) in [6, 6.07) is 6.60. The van der Waals surface area contributed by atoms with Gasteiger partial charge in [0.05, 0.1) is 0 Å². The van der Waals surface area contributed by atoms with Crippen LogP contribution in [0.5, 0.6) is 0 Å². The van der Waals surface area contributed by atoms with Crippen molar-refractivity contribution < 1.29 is 4.79 Å². The maximum Gasteiger partial charge on any atom is 0.223 e. The maximum atomic E-state index is 12.6. The van der Waals surface area contributed by atoms with Gasteiger partial charge in [0.25, 0.3) is 0 Å². The van der Waals surface area contributed by atoms with Crippen molar-refractivity contribution in [3.05, 3.63) is 34.9 Å². The van der Waals surface area contributed by atoms with Gasteiger partial charge in [-0.15, -0.1) is 11.8 Å². The Morgan fingerprint density at radius 2 is 1.91 bits per heavy atom. The van der Waals surface area contributed by atoms with Crippen LogP contribution < -0.4 is 0 Å². The molecule has 3 heteroatoms. The van der Waals surface area contributed by atoms with Gasteiger partial charge in [-0.1, -0.05) is 62.8 Å². The molecule has 1 fully saturated rings. The van der Waals surface area contributed by atoms with Gasteiger partial charge in [0, 0.05) is 18.7 Å². The molecule has 0 N–H and O–H groups in total. The molecule has 128 valence electrons. The fourth-order valence-corrected chi connectivity index (χ4v) is 4.66. The zero-order valence-corrected chi connectivity index (χ0v) is 15.8. The number of hydrogen-bond acceptors (Lipinski definition) is 2. The van der Waals surface area contributed by atoms with Crippen LogP contribution in [0.25, 0.3) is 0 Å². The zero-order valence-electron chi connectivity index (χ0n) is 14.9. The van der Waals surface area contributed by atoms with Crippen molar-refractivity contribution in [3.8, 4) is 0 Å². The molecule has 0 aromatic heterocycles. The van der Waals surface area contributed by atoms with Crippen LogP contribution in [0.4, 0.5) is 0 Å². The molecule has 23 heavy (non-hydrogen) atoms. The van der Waals surface area contributed by atoms with Gasteiger partial charge in [0.1, 0.15) is 5.37 Å². The first-order valence-electron chi connectivity index (χ1n) is 9.11. The molecule has 1 saturated heterocycles. The van der Waals surface area contributed by atoms with Crippen LogP contribution in [-0.2, 0) is 4.79 Å². The molecule has 1 heterocycles. The van der Waals surface area contributed by atoms with Gasteiger partial charge in [-0.3, -0.25) is 4.79 Å². The fourth-order valence-electron chi connectivity index (χ4n) is 3.29. The Morgan fingerprint density at radius 3 is 2.65 bits per heavy atom. The fraction of sp³-hybridized carbons (Fsp3) is 0.650. The van der Waals surface area contributed by atoms with Crippen LogP contribution in [0.1, 0.15) is 73.9 Å². The highest BCUT2D eigenvalue weighted by Crippen LogP contribution is 2.39. The van der Waals surface area contributed by atoms with Crippen molar-refractivity contribution in [2.45, 2.75) is 71.1 Å². The predicted molar refractivity (Wildman–Crippen MR) is 101 cm³/mol. The van der Waals surface area contributed by atoms with E-state index in [1.54, 1.807) is 0 Å². The lowest BCUT2D eigenvalue weighted by Crippen LogP contribution is -2.30. The molecule has 2 rings (SSSR count). The molecular weight excluding hydrogens is 302 g/mol. The molecule has 0 aliphatic carbocycles. The summed E-state index contributed by atoms with van der Waals surface area (Å²) >= 11 is 1.91. The summed E-state index contributed by atoms with van der Waals surface area (Å²) in [7, 11) is 0. The highest BCUT2D eigenvalue weighted by Gasteiger charge is 2.30. The van der Waals surface area contributed by atoms with Crippen LogP contribution in [0.3, 0.4) is 0 Å². The minimum atomic E-state index is 0.225. The Morgan fingerprint density at radius 1 is 1.17 bits per heavy atom. The molecule has 1 aliphatic heterocycles. The molecule has 0 radical (unpaired) electrons. The van der Waals surface area contributed by atoms with E-state index in [0.717, 1.165) is 18.7 Å². The Balaban J connectivity index is 1.87. The lowest BCUT2D eigenvalue weighted by molar-refractivity contribution is -0.131. The monoisotopic (exact) mass is 333 g/mol. The minimum absolute atomic E-state index is 0.225. The number of carbonyl (C=O) groups is 1. The first-order chi connectivity index (χ1) is 11.1. The van der Waals surface area contributed by atoms with Crippen LogP contribution in [0.15, 0.2) is 18.2 Å². The Kier molecular flexibility index (Phi) is 7.48. The van der Waals surface area contributed by atoms with E-state index in [2.05, 4.69) is 43.9 Å². The molecule has 0 bridgehead atoms. The largest absolute Gasteiger partial charge is 0.326 e. The van der Waals surface area contributed by atoms with Gasteiger partial charge in [-0.2, -0.15) is 0 Å². The maximum absolute atomic E-state index is 12.6. The van der Waals surface area contributed by atoms with Gasteiger partial charge in [-0.05, 0) is 31.4 Å². The number of nitrogens with zero attached hydrogens (tertiary/aromatic N) is 1. The normalized spacial score (nSPS) is 17.7. The number of amides is 1. The van der Waals surface area contributed by atoms with Crippen molar-refractivity contribution in [1.82, 2.24) is 4.90 Å². The number of thioether (sulfide) groups is 1. The Hall–Kier alpha value is -0.960. The lowest BCUT2D eigenvalue weighted by atomic mass is 10.0. The average molecular weight is 334 g/mol. The Labute approximate surface area is 146 Å². The first kappa shape index (κ1) is 18.4. The zero-order chi connectivity index (χ0) is 16.7. The summed E-state index contributed by atoms with van der Waals surface area (Å²) in [5.74, 6) is 1.40. The van der Waals surface area contributed by atoms with Crippen LogP contribution in [-0.4, -0.2) is 23.1 Å². The minimum Gasteiger partial charge on any atom is -0.326 e.